The first kappa shape index (κ1) is 14.7. The van der Waals surface area contributed by atoms with E-state index in [0.29, 0.717) is 13.0 Å². The monoisotopic (exact) mass is 315 g/mol. The van der Waals surface area contributed by atoms with Gasteiger partial charge in [-0.15, -0.1) is 11.3 Å². The first-order valence-corrected chi connectivity index (χ1v) is 8.09. The second kappa shape index (κ2) is 6.27. The number of rotatable bonds is 5. The third-order valence-electron chi connectivity index (χ3n) is 3.67. The SMILES string of the molecule is Cc1nc(CCNC(=O)CC2C(=O)Nc3ccccc32)cs1. The fourth-order valence-electron chi connectivity index (χ4n) is 2.59. The van der Waals surface area contributed by atoms with Gasteiger partial charge >= 0.3 is 0 Å². The molecule has 5 nitrogen and oxygen atoms in total. The van der Waals surface area contributed by atoms with Crippen molar-refractivity contribution in [3.05, 3.63) is 45.9 Å². The van der Waals surface area contributed by atoms with Crippen molar-refractivity contribution in [2.45, 2.75) is 25.7 Å². The molecular formula is C16H17N3O2S. The third-order valence-corrected chi connectivity index (χ3v) is 4.49. The lowest BCUT2D eigenvalue weighted by Crippen LogP contribution is -2.28. The van der Waals surface area contributed by atoms with Crippen LogP contribution in [0.15, 0.2) is 29.6 Å². The molecule has 1 aromatic carbocycles. The Morgan fingerprint density at radius 3 is 3.00 bits per heavy atom. The van der Waals surface area contributed by atoms with Crippen molar-refractivity contribution in [2.75, 3.05) is 11.9 Å². The predicted octanol–water partition coefficient (Wildman–Crippen LogP) is 2.24. The number of aromatic nitrogens is 1. The Kier molecular flexibility index (Phi) is 4.20. The number of thiazole rings is 1. The van der Waals surface area contributed by atoms with Gasteiger partial charge in [0.25, 0.3) is 0 Å². The predicted molar refractivity (Wildman–Crippen MR) is 86.0 cm³/mol. The molecule has 0 saturated heterocycles. The van der Waals surface area contributed by atoms with Gasteiger partial charge in [-0.25, -0.2) is 4.98 Å². The molecular weight excluding hydrogens is 298 g/mol. The maximum absolute atomic E-state index is 12.0. The molecule has 0 saturated carbocycles. The summed E-state index contributed by atoms with van der Waals surface area (Å²) >= 11 is 1.61. The van der Waals surface area contributed by atoms with Gasteiger partial charge < -0.3 is 10.6 Å². The molecule has 0 bridgehead atoms. The molecule has 2 N–H and O–H groups in total. The first-order valence-electron chi connectivity index (χ1n) is 7.21. The number of amides is 2. The number of carbonyl (C=O) groups is 2. The van der Waals surface area contributed by atoms with Crippen LogP contribution in [-0.4, -0.2) is 23.3 Å². The molecule has 114 valence electrons. The second-order valence-corrected chi connectivity index (χ2v) is 6.35. The minimum absolute atomic E-state index is 0.105. The second-order valence-electron chi connectivity index (χ2n) is 5.29. The maximum Gasteiger partial charge on any atom is 0.232 e. The average molecular weight is 315 g/mol. The molecule has 2 amide bonds. The number of para-hydroxylation sites is 1. The van der Waals surface area contributed by atoms with Crippen LogP contribution in [0.4, 0.5) is 5.69 Å². The van der Waals surface area contributed by atoms with Gasteiger partial charge in [0.2, 0.25) is 11.8 Å². The number of benzene rings is 1. The number of hydrogen-bond donors (Lipinski definition) is 2. The molecule has 1 aliphatic rings. The molecule has 22 heavy (non-hydrogen) atoms. The topological polar surface area (TPSA) is 71.1 Å². The Morgan fingerprint density at radius 2 is 2.23 bits per heavy atom. The summed E-state index contributed by atoms with van der Waals surface area (Å²) in [4.78, 5) is 28.4. The molecule has 2 aromatic rings. The molecule has 0 radical (unpaired) electrons. The van der Waals surface area contributed by atoms with Crippen molar-refractivity contribution in [3.8, 4) is 0 Å². The highest BCUT2D eigenvalue weighted by Crippen LogP contribution is 2.34. The average Bonchev–Trinajstić information content (AvgIpc) is 3.03. The summed E-state index contributed by atoms with van der Waals surface area (Å²) < 4.78 is 0. The normalized spacial score (nSPS) is 16.2. The summed E-state index contributed by atoms with van der Waals surface area (Å²) in [6.07, 6.45) is 0.891. The zero-order valence-corrected chi connectivity index (χ0v) is 13.1. The van der Waals surface area contributed by atoms with Gasteiger partial charge in [0, 0.05) is 30.5 Å². The van der Waals surface area contributed by atoms with Crippen LogP contribution >= 0.6 is 11.3 Å². The highest BCUT2D eigenvalue weighted by Gasteiger charge is 2.31. The Morgan fingerprint density at radius 1 is 1.41 bits per heavy atom. The zero-order chi connectivity index (χ0) is 15.5. The minimum atomic E-state index is -0.391. The molecule has 1 aromatic heterocycles. The number of anilines is 1. The van der Waals surface area contributed by atoms with Gasteiger partial charge in [0.1, 0.15) is 0 Å². The van der Waals surface area contributed by atoms with E-state index in [9.17, 15) is 9.59 Å². The van der Waals surface area contributed by atoms with Crippen molar-refractivity contribution in [1.29, 1.82) is 0 Å². The first-order chi connectivity index (χ1) is 10.6. The van der Waals surface area contributed by atoms with E-state index in [1.165, 1.54) is 0 Å². The molecule has 6 heteroatoms. The summed E-state index contributed by atoms with van der Waals surface area (Å²) in [6, 6.07) is 7.50. The largest absolute Gasteiger partial charge is 0.356 e. The van der Waals surface area contributed by atoms with Crippen LogP contribution in [0.1, 0.15) is 28.6 Å². The fraction of sp³-hybridized carbons (Fsp3) is 0.312. The van der Waals surface area contributed by atoms with Crippen molar-refractivity contribution in [1.82, 2.24) is 10.3 Å². The Balaban J connectivity index is 1.53. The Hall–Kier alpha value is -2.21. The molecule has 1 aliphatic heterocycles. The van der Waals surface area contributed by atoms with Gasteiger partial charge in [0.15, 0.2) is 0 Å². The standard InChI is InChI=1S/C16H17N3O2S/c1-10-18-11(9-22-10)6-7-17-15(20)8-13-12-4-2-3-5-14(12)19-16(13)21/h2-5,9,13H,6-8H2,1H3,(H,17,20)(H,19,21). The summed E-state index contributed by atoms with van der Waals surface area (Å²) in [6.45, 7) is 2.50. The van der Waals surface area contributed by atoms with Gasteiger partial charge in [-0.05, 0) is 18.6 Å². The van der Waals surface area contributed by atoms with Crippen LogP contribution < -0.4 is 10.6 Å². The van der Waals surface area contributed by atoms with E-state index >= 15 is 0 Å². The van der Waals surface area contributed by atoms with E-state index in [0.717, 1.165) is 22.0 Å². The highest BCUT2D eigenvalue weighted by atomic mass is 32.1. The van der Waals surface area contributed by atoms with Crippen LogP contribution in [0.5, 0.6) is 0 Å². The molecule has 0 aliphatic carbocycles. The van der Waals surface area contributed by atoms with Crippen LogP contribution in [0.3, 0.4) is 0 Å². The molecule has 0 spiro atoms. The summed E-state index contributed by atoms with van der Waals surface area (Å²) in [5.41, 5.74) is 2.70. The highest BCUT2D eigenvalue weighted by molar-refractivity contribution is 7.09. The number of nitrogens with zero attached hydrogens (tertiary/aromatic N) is 1. The van der Waals surface area contributed by atoms with E-state index < -0.39 is 5.92 Å². The fourth-order valence-corrected chi connectivity index (χ4v) is 3.24. The minimum Gasteiger partial charge on any atom is -0.356 e. The Labute approximate surface area is 132 Å². The summed E-state index contributed by atoms with van der Waals surface area (Å²) in [5.74, 6) is -0.604. The van der Waals surface area contributed by atoms with Crippen molar-refractivity contribution in [3.63, 3.8) is 0 Å². The third kappa shape index (κ3) is 3.17. The van der Waals surface area contributed by atoms with E-state index in [1.54, 1.807) is 11.3 Å². The lowest BCUT2D eigenvalue weighted by Gasteiger charge is -2.09. The molecule has 3 rings (SSSR count). The number of carbonyl (C=O) groups excluding carboxylic acids is 2. The number of nitrogens with one attached hydrogen (secondary N) is 2. The van der Waals surface area contributed by atoms with Gasteiger partial charge in [-0.1, -0.05) is 18.2 Å². The number of fused-ring (bicyclic) bond motifs is 1. The molecule has 1 atom stereocenters. The maximum atomic E-state index is 12.0. The smallest absolute Gasteiger partial charge is 0.232 e. The molecule has 1 unspecified atom stereocenters. The van der Waals surface area contributed by atoms with Gasteiger partial charge in [-0.3, -0.25) is 9.59 Å². The molecule has 0 fully saturated rings. The van der Waals surface area contributed by atoms with E-state index in [-0.39, 0.29) is 18.2 Å². The summed E-state index contributed by atoms with van der Waals surface area (Å²) in [7, 11) is 0. The van der Waals surface area contributed by atoms with E-state index in [2.05, 4.69) is 15.6 Å². The van der Waals surface area contributed by atoms with Crippen molar-refractivity contribution >= 4 is 28.8 Å². The van der Waals surface area contributed by atoms with Gasteiger partial charge in [0.05, 0.1) is 16.6 Å². The van der Waals surface area contributed by atoms with Crippen molar-refractivity contribution < 1.29 is 9.59 Å². The van der Waals surface area contributed by atoms with Crippen LogP contribution in [0.2, 0.25) is 0 Å². The molecule has 2 heterocycles. The Bertz CT molecular complexity index is 711. The van der Waals surface area contributed by atoms with Crippen LogP contribution in [-0.2, 0) is 16.0 Å². The number of aryl methyl sites for hydroxylation is 1. The van der Waals surface area contributed by atoms with Crippen LogP contribution in [0.25, 0.3) is 0 Å². The quantitative estimate of drug-likeness (QED) is 0.889. The zero-order valence-electron chi connectivity index (χ0n) is 12.3. The van der Waals surface area contributed by atoms with Crippen LogP contribution in [0, 0.1) is 6.92 Å². The van der Waals surface area contributed by atoms with E-state index in [1.807, 2.05) is 36.6 Å². The van der Waals surface area contributed by atoms with E-state index in [4.69, 9.17) is 0 Å². The van der Waals surface area contributed by atoms with Gasteiger partial charge in [-0.2, -0.15) is 0 Å². The lowest BCUT2D eigenvalue weighted by molar-refractivity contribution is -0.125. The number of hydrogen-bond acceptors (Lipinski definition) is 4. The van der Waals surface area contributed by atoms with Crippen molar-refractivity contribution in [2.24, 2.45) is 0 Å². The summed E-state index contributed by atoms with van der Waals surface area (Å²) in [5, 5.41) is 8.70. The lowest BCUT2D eigenvalue weighted by atomic mass is 9.97.